The van der Waals surface area contributed by atoms with E-state index in [1.54, 1.807) is 0 Å². The van der Waals surface area contributed by atoms with E-state index in [1.807, 2.05) is 0 Å². The molecule has 0 aromatic heterocycles. The zero-order valence-corrected chi connectivity index (χ0v) is 13.1. The molecule has 0 aromatic rings. The van der Waals surface area contributed by atoms with Crippen LogP contribution in [0.2, 0.25) is 0 Å². The van der Waals surface area contributed by atoms with Gasteiger partial charge in [-0.05, 0) is 32.7 Å². The SMILES string of the molecule is CCCNCC(C(C)C)N1CCSC(C)(C)C1. The maximum absolute atomic E-state index is 3.59. The lowest BCUT2D eigenvalue weighted by atomic mass is 10.0. The van der Waals surface area contributed by atoms with Gasteiger partial charge in [-0.3, -0.25) is 4.90 Å². The van der Waals surface area contributed by atoms with E-state index in [0.29, 0.717) is 10.8 Å². The Hall–Kier alpha value is 0.270. The van der Waals surface area contributed by atoms with E-state index in [-0.39, 0.29) is 0 Å². The fraction of sp³-hybridized carbons (Fsp3) is 1.00. The van der Waals surface area contributed by atoms with Crippen LogP contribution in [0.5, 0.6) is 0 Å². The zero-order valence-electron chi connectivity index (χ0n) is 12.3. The molecule has 1 rings (SSSR count). The number of rotatable bonds is 6. The summed E-state index contributed by atoms with van der Waals surface area (Å²) in [5.41, 5.74) is 0. The van der Waals surface area contributed by atoms with Crippen LogP contribution < -0.4 is 5.32 Å². The molecule has 0 bridgehead atoms. The molecule has 0 aromatic carbocycles. The molecule has 3 heteroatoms. The summed E-state index contributed by atoms with van der Waals surface area (Å²) < 4.78 is 0.427. The third-order valence-electron chi connectivity index (χ3n) is 3.47. The summed E-state index contributed by atoms with van der Waals surface area (Å²) in [5, 5.41) is 3.59. The van der Waals surface area contributed by atoms with E-state index in [1.165, 1.54) is 25.3 Å². The summed E-state index contributed by atoms with van der Waals surface area (Å²) in [5.74, 6) is 2.02. The highest BCUT2D eigenvalue weighted by atomic mass is 32.2. The monoisotopic (exact) mass is 258 g/mol. The van der Waals surface area contributed by atoms with Crippen LogP contribution in [0, 0.1) is 5.92 Å². The van der Waals surface area contributed by atoms with E-state index in [4.69, 9.17) is 0 Å². The first-order valence-corrected chi connectivity index (χ1v) is 8.03. The van der Waals surface area contributed by atoms with Crippen molar-refractivity contribution in [3.63, 3.8) is 0 Å². The molecule has 102 valence electrons. The Bertz CT molecular complexity index is 216. The summed E-state index contributed by atoms with van der Waals surface area (Å²) in [4.78, 5) is 2.70. The summed E-state index contributed by atoms with van der Waals surface area (Å²) >= 11 is 2.12. The molecule has 1 aliphatic rings. The third-order valence-corrected chi connectivity index (χ3v) is 4.77. The molecule has 1 fully saturated rings. The van der Waals surface area contributed by atoms with Gasteiger partial charge in [-0.2, -0.15) is 11.8 Å². The fourth-order valence-electron chi connectivity index (χ4n) is 2.55. The van der Waals surface area contributed by atoms with Crippen LogP contribution in [-0.4, -0.2) is 47.6 Å². The van der Waals surface area contributed by atoms with Crippen molar-refractivity contribution >= 4 is 11.8 Å². The van der Waals surface area contributed by atoms with Gasteiger partial charge in [-0.1, -0.05) is 20.8 Å². The molecule has 1 saturated heterocycles. The third kappa shape index (κ3) is 5.19. The first kappa shape index (κ1) is 15.3. The summed E-state index contributed by atoms with van der Waals surface area (Å²) in [6.07, 6.45) is 1.23. The summed E-state index contributed by atoms with van der Waals surface area (Å²) in [7, 11) is 0. The van der Waals surface area contributed by atoms with Crippen LogP contribution in [0.4, 0.5) is 0 Å². The molecule has 1 aliphatic heterocycles. The smallest absolute Gasteiger partial charge is 0.0244 e. The molecule has 1 N–H and O–H groups in total. The second kappa shape index (κ2) is 7.01. The van der Waals surface area contributed by atoms with Crippen LogP contribution >= 0.6 is 11.8 Å². The summed E-state index contributed by atoms with van der Waals surface area (Å²) in [6, 6.07) is 0.696. The Labute approximate surface area is 112 Å². The first-order valence-electron chi connectivity index (χ1n) is 7.05. The molecular weight excluding hydrogens is 228 g/mol. The molecule has 0 aliphatic carbocycles. The van der Waals surface area contributed by atoms with Crippen molar-refractivity contribution in [1.82, 2.24) is 10.2 Å². The van der Waals surface area contributed by atoms with Crippen molar-refractivity contribution in [1.29, 1.82) is 0 Å². The maximum Gasteiger partial charge on any atom is 0.0244 e. The van der Waals surface area contributed by atoms with Gasteiger partial charge in [0.05, 0.1) is 0 Å². The predicted molar refractivity (Wildman–Crippen MR) is 79.9 cm³/mol. The van der Waals surface area contributed by atoms with Gasteiger partial charge in [0.25, 0.3) is 0 Å². The minimum atomic E-state index is 0.427. The Morgan fingerprint density at radius 2 is 2.06 bits per heavy atom. The molecule has 2 nitrogen and oxygen atoms in total. The van der Waals surface area contributed by atoms with E-state index in [2.05, 4.69) is 56.6 Å². The topological polar surface area (TPSA) is 15.3 Å². The highest BCUT2D eigenvalue weighted by Gasteiger charge is 2.31. The van der Waals surface area contributed by atoms with Gasteiger partial charge >= 0.3 is 0 Å². The van der Waals surface area contributed by atoms with E-state index in [0.717, 1.165) is 19.0 Å². The van der Waals surface area contributed by atoms with Crippen molar-refractivity contribution in [3.05, 3.63) is 0 Å². The molecule has 1 unspecified atom stereocenters. The predicted octanol–water partition coefficient (Wildman–Crippen LogP) is 2.84. The minimum Gasteiger partial charge on any atom is -0.315 e. The highest BCUT2D eigenvalue weighted by molar-refractivity contribution is 8.00. The molecule has 0 amide bonds. The number of nitrogens with zero attached hydrogens (tertiary/aromatic N) is 1. The first-order chi connectivity index (χ1) is 7.96. The highest BCUT2D eigenvalue weighted by Crippen LogP contribution is 2.31. The Morgan fingerprint density at radius 3 is 2.59 bits per heavy atom. The Morgan fingerprint density at radius 1 is 1.35 bits per heavy atom. The average molecular weight is 258 g/mol. The number of thioether (sulfide) groups is 1. The molecular formula is C14H30N2S. The molecule has 1 heterocycles. The van der Waals surface area contributed by atoms with Gasteiger partial charge < -0.3 is 5.32 Å². The minimum absolute atomic E-state index is 0.427. The van der Waals surface area contributed by atoms with Crippen LogP contribution in [0.15, 0.2) is 0 Å². The fourth-order valence-corrected chi connectivity index (χ4v) is 3.68. The van der Waals surface area contributed by atoms with Gasteiger partial charge in [0.15, 0.2) is 0 Å². The van der Waals surface area contributed by atoms with Crippen molar-refractivity contribution in [3.8, 4) is 0 Å². The van der Waals surface area contributed by atoms with Gasteiger partial charge in [-0.15, -0.1) is 0 Å². The van der Waals surface area contributed by atoms with E-state index < -0.39 is 0 Å². The zero-order chi connectivity index (χ0) is 12.9. The lowest BCUT2D eigenvalue weighted by molar-refractivity contribution is 0.145. The number of hydrogen-bond donors (Lipinski definition) is 1. The second-order valence-electron chi connectivity index (χ2n) is 6.09. The Balaban J connectivity index is 2.51. The largest absolute Gasteiger partial charge is 0.315 e. The Kier molecular flexibility index (Phi) is 6.32. The maximum atomic E-state index is 3.59. The van der Waals surface area contributed by atoms with Gasteiger partial charge in [-0.25, -0.2) is 0 Å². The molecule has 17 heavy (non-hydrogen) atoms. The van der Waals surface area contributed by atoms with Crippen molar-refractivity contribution < 1.29 is 0 Å². The van der Waals surface area contributed by atoms with Crippen LogP contribution in [0.1, 0.15) is 41.0 Å². The number of nitrogens with one attached hydrogen (secondary N) is 1. The molecule has 0 spiro atoms. The van der Waals surface area contributed by atoms with Crippen LogP contribution in [0.25, 0.3) is 0 Å². The van der Waals surface area contributed by atoms with Crippen molar-refractivity contribution in [2.45, 2.75) is 51.8 Å². The van der Waals surface area contributed by atoms with Gasteiger partial charge in [0.1, 0.15) is 0 Å². The van der Waals surface area contributed by atoms with E-state index >= 15 is 0 Å². The quantitative estimate of drug-likeness (QED) is 0.738. The normalized spacial score (nSPS) is 22.9. The molecule has 0 saturated carbocycles. The van der Waals surface area contributed by atoms with Gasteiger partial charge in [0, 0.05) is 36.2 Å². The average Bonchev–Trinajstić information content (AvgIpc) is 2.22. The van der Waals surface area contributed by atoms with E-state index in [9.17, 15) is 0 Å². The standard InChI is InChI=1S/C14H30N2S/c1-6-7-15-10-13(12(2)3)16-8-9-17-14(4,5)11-16/h12-13,15H,6-11H2,1-5H3. The second-order valence-corrected chi connectivity index (χ2v) is 7.90. The molecule has 1 atom stereocenters. The van der Waals surface area contributed by atoms with Crippen LogP contribution in [0.3, 0.4) is 0 Å². The van der Waals surface area contributed by atoms with Crippen molar-refractivity contribution in [2.75, 3.05) is 31.9 Å². The van der Waals surface area contributed by atoms with Gasteiger partial charge in [0.2, 0.25) is 0 Å². The lowest BCUT2D eigenvalue weighted by Crippen LogP contribution is -2.53. The van der Waals surface area contributed by atoms with Crippen molar-refractivity contribution in [2.24, 2.45) is 5.92 Å². The molecule has 0 radical (unpaired) electrons. The lowest BCUT2D eigenvalue weighted by Gasteiger charge is -2.43. The van der Waals surface area contributed by atoms with Crippen LogP contribution in [-0.2, 0) is 0 Å². The number of hydrogen-bond acceptors (Lipinski definition) is 3. The summed E-state index contributed by atoms with van der Waals surface area (Å²) in [6.45, 7) is 16.5.